The molecular formula is C23H25N5O3. The van der Waals surface area contributed by atoms with Gasteiger partial charge in [0.05, 0.1) is 18.5 Å². The Kier molecular flexibility index (Phi) is 6.26. The Hall–Kier alpha value is -3.68. The number of ether oxygens (including phenoxy) is 1. The van der Waals surface area contributed by atoms with Gasteiger partial charge in [-0.25, -0.2) is 4.68 Å². The first-order valence-corrected chi connectivity index (χ1v) is 10.4. The van der Waals surface area contributed by atoms with Gasteiger partial charge in [-0.3, -0.25) is 9.59 Å². The van der Waals surface area contributed by atoms with E-state index in [1.807, 2.05) is 49.4 Å². The van der Waals surface area contributed by atoms with Crippen LogP contribution in [0.4, 0.5) is 0 Å². The summed E-state index contributed by atoms with van der Waals surface area (Å²) in [7, 11) is 0. The fraction of sp³-hybridized carbons (Fsp3) is 0.304. The maximum Gasteiger partial charge on any atom is 0.276 e. The van der Waals surface area contributed by atoms with Crippen LogP contribution in [0.1, 0.15) is 40.6 Å². The molecule has 0 unspecified atom stereocenters. The second-order valence-corrected chi connectivity index (χ2v) is 7.38. The fourth-order valence-corrected chi connectivity index (χ4v) is 3.60. The van der Waals surface area contributed by atoms with Gasteiger partial charge >= 0.3 is 0 Å². The molecule has 0 aliphatic carbocycles. The number of likely N-dealkylation sites (tertiary alicyclic amines) is 1. The number of amides is 2. The van der Waals surface area contributed by atoms with Gasteiger partial charge in [0.1, 0.15) is 5.75 Å². The summed E-state index contributed by atoms with van der Waals surface area (Å²) in [4.78, 5) is 26.9. The number of carbonyl (C=O) groups is 2. The average molecular weight is 419 g/mol. The van der Waals surface area contributed by atoms with Gasteiger partial charge in [0.15, 0.2) is 5.69 Å². The molecule has 31 heavy (non-hydrogen) atoms. The second-order valence-electron chi connectivity index (χ2n) is 7.38. The number of benzene rings is 2. The predicted octanol–water partition coefficient (Wildman–Crippen LogP) is 2.70. The molecule has 8 heteroatoms. The normalized spacial score (nSPS) is 14.3. The molecule has 1 aromatic heterocycles. The van der Waals surface area contributed by atoms with Crippen LogP contribution in [-0.2, 0) is 0 Å². The summed E-state index contributed by atoms with van der Waals surface area (Å²) in [6.45, 7) is 3.67. The van der Waals surface area contributed by atoms with Crippen LogP contribution in [0, 0.1) is 0 Å². The van der Waals surface area contributed by atoms with Gasteiger partial charge < -0.3 is 15.0 Å². The van der Waals surface area contributed by atoms with Crippen LogP contribution in [0.25, 0.3) is 5.69 Å². The van der Waals surface area contributed by atoms with E-state index in [0.29, 0.717) is 43.8 Å². The van der Waals surface area contributed by atoms with Crippen molar-refractivity contribution >= 4 is 11.8 Å². The van der Waals surface area contributed by atoms with E-state index in [1.165, 1.54) is 0 Å². The molecule has 0 saturated carbocycles. The zero-order valence-electron chi connectivity index (χ0n) is 17.4. The van der Waals surface area contributed by atoms with Gasteiger partial charge in [0.2, 0.25) is 0 Å². The lowest BCUT2D eigenvalue weighted by atomic mass is 10.0. The van der Waals surface area contributed by atoms with Gasteiger partial charge in [-0.2, -0.15) is 0 Å². The molecule has 3 aromatic rings. The lowest BCUT2D eigenvalue weighted by Crippen LogP contribution is -2.46. The van der Waals surface area contributed by atoms with E-state index in [-0.39, 0.29) is 17.9 Å². The third kappa shape index (κ3) is 4.91. The molecule has 0 bridgehead atoms. The first-order chi connectivity index (χ1) is 15.1. The van der Waals surface area contributed by atoms with Crippen LogP contribution in [0.2, 0.25) is 0 Å². The van der Waals surface area contributed by atoms with Gasteiger partial charge in [0.25, 0.3) is 11.8 Å². The molecule has 0 radical (unpaired) electrons. The Labute approximate surface area is 180 Å². The molecule has 1 aliphatic heterocycles. The second kappa shape index (κ2) is 9.42. The van der Waals surface area contributed by atoms with E-state index in [2.05, 4.69) is 15.6 Å². The van der Waals surface area contributed by atoms with E-state index >= 15 is 0 Å². The molecule has 2 aromatic carbocycles. The van der Waals surface area contributed by atoms with Crippen LogP contribution in [0.15, 0.2) is 60.8 Å². The third-order valence-corrected chi connectivity index (χ3v) is 5.28. The SMILES string of the molecule is CCOc1ccc(-n2cc(C(=O)N3CCC(NC(=O)c4ccccc4)CC3)nn2)cc1. The van der Waals surface area contributed by atoms with Crippen molar-refractivity contribution in [3.63, 3.8) is 0 Å². The minimum absolute atomic E-state index is 0.0521. The van der Waals surface area contributed by atoms with Gasteiger partial charge in [-0.15, -0.1) is 5.10 Å². The van der Waals surface area contributed by atoms with Crippen molar-refractivity contribution in [1.29, 1.82) is 0 Å². The number of nitrogens with zero attached hydrogens (tertiary/aromatic N) is 4. The van der Waals surface area contributed by atoms with E-state index < -0.39 is 0 Å². The lowest BCUT2D eigenvalue weighted by molar-refractivity contribution is 0.0692. The van der Waals surface area contributed by atoms with E-state index in [9.17, 15) is 9.59 Å². The average Bonchev–Trinajstić information content (AvgIpc) is 3.31. The van der Waals surface area contributed by atoms with Crippen LogP contribution >= 0.6 is 0 Å². The first kappa shape index (κ1) is 20.6. The number of hydrogen-bond donors (Lipinski definition) is 1. The fourth-order valence-electron chi connectivity index (χ4n) is 3.60. The summed E-state index contributed by atoms with van der Waals surface area (Å²) in [6.07, 6.45) is 3.05. The molecule has 1 fully saturated rings. The highest BCUT2D eigenvalue weighted by atomic mass is 16.5. The third-order valence-electron chi connectivity index (χ3n) is 5.28. The van der Waals surface area contributed by atoms with E-state index in [4.69, 9.17) is 4.74 Å². The molecular weight excluding hydrogens is 394 g/mol. The van der Waals surface area contributed by atoms with Crippen LogP contribution in [-0.4, -0.2) is 57.4 Å². The highest BCUT2D eigenvalue weighted by Crippen LogP contribution is 2.17. The summed E-state index contributed by atoms with van der Waals surface area (Å²) in [6, 6.07) is 16.7. The van der Waals surface area contributed by atoms with Crippen LogP contribution < -0.4 is 10.1 Å². The number of aromatic nitrogens is 3. The Morgan fingerprint density at radius 3 is 2.45 bits per heavy atom. The Morgan fingerprint density at radius 2 is 1.77 bits per heavy atom. The monoisotopic (exact) mass is 419 g/mol. The smallest absolute Gasteiger partial charge is 0.276 e. The zero-order chi connectivity index (χ0) is 21.6. The highest BCUT2D eigenvalue weighted by Gasteiger charge is 2.26. The lowest BCUT2D eigenvalue weighted by Gasteiger charge is -2.31. The summed E-state index contributed by atoms with van der Waals surface area (Å²) in [5, 5.41) is 11.2. The number of piperidine rings is 1. The first-order valence-electron chi connectivity index (χ1n) is 10.4. The maximum atomic E-state index is 12.8. The summed E-state index contributed by atoms with van der Waals surface area (Å²) in [5.41, 5.74) is 1.75. The molecule has 2 amide bonds. The van der Waals surface area contributed by atoms with Crippen molar-refractivity contribution in [2.45, 2.75) is 25.8 Å². The molecule has 1 N–H and O–H groups in total. The van der Waals surface area contributed by atoms with Crippen molar-refractivity contribution in [1.82, 2.24) is 25.2 Å². The van der Waals surface area contributed by atoms with E-state index in [0.717, 1.165) is 11.4 Å². The number of nitrogens with one attached hydrogen (secondary N) is 1. The van der Waals surface area contributed by atoms with Crippen molar-refractivity contribution in [3.05, 3.63) is 72.1 Å². The summed E-state index contributed by atoms with van der Waals surface area (Å²) >= 11 is 0. The van der Waals surface area contributed by atoms with Crippen molar-refractivity contribution in [2.24, 2.45) is 0 Å². The quantitative estimate of drug-likeness (QED) is 0.664. The zero-order valence-corrected chi connectivity index (χ0v) is 17.4. The summed E-state index contributed by atoms with van der Waals surface area (Å²) < 4.78 is 7.02. The minimum atomic E-state index is -0.148. The van der Waals surface area contributed by atoms with Gasteiger partial charge in [-0.1, -0.05) is 23.4 Å². The minimum Gasteiger partial charge on any atom is -0.494 e. The topological polar surface area (TPSA) is 89.4 Å². The molecule has 8 nitrogen and oxygen atoms in total. The standard InChI is InChI=1S/C23H25N5O3/c1-2-31-20-10-8-19(9-11-20)28-16-21(25-26-28)23(30)27-14-12-18(13-15-27)24-22(29)17-6-4-3-5-7-17/h3-11,16,18H,2,12-15H2,1H3,(H,24,29). The van der Waals surface area contributed by atoms with Crippen molar-refractivity contribution < 1.29 is 14.3 Å². The van der Waals surface area contributed by atoms with Gasteiger partial charge in [0, 0.05) is 24.7 Å². The number of rotatable bonds is 6. The van der Waals surface area contributed by atoms with Crippen LogP contribution in [0.5, 0.6) is 5.75 Å². The Morgan fingerprint density at radius 1 is 1.06 bits per heavy atom. The predicted molar refractivity (Wildman–Crippen MR) is 115 cm³/mol. The highest BCUT2D eigenvalue weighted by molar-refractivity contribution is 5.94. The van der Waals surface area contributed by atoms with Crippen molar-refractivity contribution in [2.75, 3.05) is 19.7 Å². The van der Waals surface area contributed by atoms with Crippen LogP contribution in [0.3, 0.4) is 0 Å². The summed E-state index contributed by atoms with van der Waals surface area (Å²) in [5.74, 6) is 0.554. The molecule has 2 heterocycles. The molecule has 1 saturated heterocycles. The molecule has 0 atom stereocenters. The Bertz CT molecular complexity index is 1020. The molecule has 1 aliphatic rings. The maximum absolute atomic E-state index is 12.8. The molecule has 4 rings (SSSR count). The largest absolute Gasteiger partial charge is 0.494 e. The molecule has 160 valence electrons. The van der Waals surface area contributed by atoms with Crippen molar-refractivity contribution in [3.8, 4) is 11.4 Å². The van der Waals surface area contributed by atoms with Gasteiger partial charge in [-0.05, 0) is 56.2 Å². The number of carbonyl (C=O) groups excluding carboxylic acids is 2. The number of hydrogen-bond acceptors (Lipinski definition) is 5. The molecule has 0 spiro atoms. The Balaban J connectivity index is 1.32. The van der Waals surface area contributed by atoms with E-state index in [1.54, 1.807) is 27.9 Å².